The fraction of sp³-hybridized carbons (Fsp3) is 0.704. The van der Waals surface area contributed by atoms with E-state index in [1.807, 2.05) is 0 Å². The van der Waals surface area contributed by atoms with Crippen LogP contribution in [0.5, 0.6) is 0 Å². The minimum absolute atomic E-state index is 0.189. The standard InChI is InChI=1S/C27H51NO5Si4/c1-28-19-21(22-16-14-15-17-23(22)28)18-27(33-37(11,12)13)26(32-36(8,9)10)25(31-35(5,6)7)24(20-29-27)30-34(2,3)4/h14-17,19,24-26H,18,20H2,1-13H3/t24-,25+,26-,27-/m0/s1. The van der Waals surface area contributed by atoms with Gasteiger partial charge in [-0.15, -0.1) is 0 Å². The van der Waals surface area contributed by atoms with Crippen molar-refractivity contribution in [1.29, 1.82) is 0 Å². The first-order valence-corrected chi connectivity index (χ1v) is 27.2. The summed E-state index contributed by atoms with van der Waals surface area (Å²) in [6, 6.07) is 8.55. The van der Waals surface area contributed by atoms with Crippen LogP contribution < -0.4 is 0 Å². The van der Waals surface area contributed by atoms with Gasteiger partial charge in [0.2, 0.25) is 0 Å². The lowest BCUT2D eigenvalue weighted by Gasteiger charge is -2.54. The van der Waals surface area contributed by atoms with Crippen molar-refractivity contribution >= 4 is 44.2 Å². The molecule has 37 heavy (non-hydrogen) atoms. The van der Waals surface area contributed by atoms with Crippen LogP contribution in [-0.2, 0) is 35.9 Å². The molecule has 1 aromatic heterocycles. The van der Waals surface area contributed by atoms with Gasteiger partial charge in [-0.05, 0) is 90.2 Å². The van der Waals surface area contributed by atoms with Gasteiger partial charge in [-0.3, -0.25) is 0 Å². The zero-order chi connectivity index (χ0) is 28.0. The van der Waals surface area contributed by atoms with Crippen molar-refractivity contribution in [3.63, 3.8) is 0 Å². The summed E-state index contributed by atoms with van der Waals surface area (Å²) in [5.41, 5.74) is 2.41. The van der Waals surface area contributed by atoms with Gasteiger partial charge in [-0.2, -0.15) is 0 Å². The Morgan fingerprint density at radius 2 is 1.38 bits per heavy atom. The molecule has 4 atom stereocenters. The van der Waals surface area contributed by atoms with Crippen molar-refractivity contribution in [3.8, 4) is 0 Å². The van der Waals surface area contributed by atoms with Crippen molar-refractivity contribution in [1.82, 2.24) is 4.57 Å². The van der Waals surface area contributed by atoms with E-state index in [9.17, 15) is 0 Å². The maximum atomic E-state index is 7.11. The third kappa shape index (κ3) is 8.45. The number of rotatable bonds is 10. The molecule has 0 aliphatic carbocycles. The van der Waals surface area contributed by atoms with Gasteiger partial charge in [0.05, 0.1) is 12.7 Å². The molecule has 1 aromatic carbocycles. The topological polar surface area (TPSA) is 51.1 Å². The second-order valence-electron chi connectivity index (χ2n) is 14.4. The number of hydrogen-bond acceptors (Lipinski definition) is 5. The number of nitrogens with zero attached hydrogens (tertiary/aromatic N) is 1. The molecule has 2 heterocycles. The molecule has 0 saturated carbocycles. The number of fused-ring (bicyclic) bond motifs is 1. The van der Waals surface area contributed by atoms with E-state index >= 15 is 0 Å². The van der Waals surface area contributed by atoms with Crippen LogP contribution in [0.25, 0.3) is 10.9 Å². The molecule has 1 saturated heterocycles. The van der Waals surface area contributed by atoms with Crippen molar-refractivity contribution in [2.75, 3.05) is 6.61 Å². The molecule has 0 radical (unpaired) electrons. The van der Waals surface area contributed by atoms with Gasteiger partial charge in [0, 0.05) is 30.6 Å². The summed E-state index contributed by atoms with van der Waals surface area (Å²) in [6.07, 6.45) is 1.97. The average Bonchev–Trinajstić information content (AvgIpc) is 2.99. The van der Waals surface area contributed by atoms with Crippen LogP contribution >= 0.6 is 0 Å². The minimum atomic E-state index is -2.08. The second-order valence-corrected chi connectivity index (χ2v) is 32.2. The van der Waals surface area contributed by atoms with Gasteiger partial charge in [-0.25, -0.2) is 0 Å². The van der Waals surface area contributed by atoms with Gasteiger partial charge in [0.25, 0.3) is 0 Å². The van der Waals surface area contributed by atoms with Crippen molar-refractivity contribution in [2.24, 2.45) is 7.05 Å². The van der Waals surface area contributed by atoms with Crippen LogP contribution in [0.2, 0.25) is 78.6 Å². The Bertz CT molecular complexity index is 1060. The largest absolute Gasteiger partial charge is 0.410 e. The van der Waals surface area contributed by atoms with Gasteiger partial charge in [-0.1, -0.05) is 18.2 Å². The summed E-state index contributed by atoms with van der Waals surface area (Å²) in [4.78, 5) is 0. The SMILES string of the molecule is Cn1cc(C[C@@]2(O[Si](C)(C)C)OC[C@H](O[Si](C)(C)C)[C@@H](O[Si](C)(C)C)[C@@H]2O[Si](C)(C)C)c2ccccc21. The second kappa shape index (κ2) is 10.8. The van der Waals surface area contributed by atoms with Crippen molar-refractivity contribution in [3.05, 3.63) is 36.0 Å². The third-order valence-electron chi connectivity index (χ3n) is 5.96. The molecule has 0 bridgehead atoms. The fourth-order valence-electron chi connectivity index (χ4n) is 5.11. The molecular formula is C27H51NO5Si4. The number of para-hydroxylation sites is 1. The summed E-state index contributed by atoms with van der Waals surface area (Å²) in [5.74, 6) is -0.960. The molecule has 3 rings (SSSR count). The highest BCUT2D eigenvalue weighted by atomic mass is 28.4. The van der Waals surface area contributed by atoms with E-state index in [1.54, 1.807) is 0 Å². The number of aryl methyl sites for hydroxylation is 1. The lowest BCUT2D eigenvalue weighted by Crippen LogP contribution is -2.70. The molecule has 6 nitrogen and oxygen atoms in total. The lowest BCUT2D eigenvalue weighted by atomic mass is 9.91. The number of aromatic nitrogens is 1. The number of benzene rings is 1. The van der Waals surface area contributed by atoms with E-state index in [0.717, 1.165) is 0 Å². The zero-order valence-corrected chi connectivity index (χ0v) is 29.5. The Morgan fingerprint density at radius 3 is 1.92 bits per heavy atom. The highest BCUT2D eigenvalue weighted by Crippen LogP contribution is 2.41. The summed E-state index contributed by atoms with van der Waals surface area (Å²) in [6.45, 7) is 27.2. The Hall–Kier alpha value is -0.572. The van der Waals surface area contributed by atoms with E-state index in [-0.39, 0.29) is 12.2 Å². The first-order valence-electron chi connectivity index (χ1n) is 13.6. The van der Waals surface area contributed by atoms with Crippen LogP contribution in [0.4, 0.5) is 0 Å². The molecular weight excluding hydrogens is 531 g/mol. The molecule has 1 aliphatic heterocycles. The molecule has 0 amide bonds. The van der Waals surface area contributed by atoms with Gasteiger partial charge in [0.1, 0.15) is 12.2 Å². The molecule has 10 heteroatoms. The quantitative estimate of drug-likeness (QED) is 0.284. The zero-order valence-electron chi connectivity index (χ0n) is 25.5. The summed E-state index contributed by atoms with van der Waals surface area (Å²) in [7, 11) is -5.85. The monoisotopic (exact) mass is 581 g/mol. The minimum Gasteiger partial charge on any atom is -0.410 e. The molecule has 0 unspecified atom stereocenters. The van der Waals surface area contributed by atoms with Crippen LogP contribution in [0.15, 0.2) is 30.5 Å². The third-order valence-corrected chi connectivity index (χ3v) is 9.87. The molecule has 0 N–H and O–H groups in total. The molecule has 1 fully saturated rings. The van der Waals surface area contributed by atoms with Gasteiger partial charge in [0.15, 0.2) is 39.1 Å². The van der Waals surface area contributed by atoms with Crippen molar-refractivity contribution in [2.45, 2.75) is 109 Å². The fourth-order valence-corrected chi connectivity index (χ4v) is 9.67. The molecule has 1 aliphatic rings. The van der Waals surface area contributed by atoms with E-state index in [4.69, 9.17) is 22.4 Å². The summed E-state index contributed by atoms with van der Waals surface area (Å²) in [5, 5.41) is 1.22. The maximum absolute atomic E-state index is 7.11. The predicted octanol–water partition coefficient (Wildman–Crippen LogP) is 6.96. The first kappa shape index (κ1) is 31.0. The van der Waals surface area contributed by atoms with Gasteiger partial charge >= 0.3 is 0 Å². The van der Waals surface area contributed by atoms with Crippen LogP contribution in [-0.4, -0.2) is 68.5 Å². The van der Waals surface area contributed by atoms with Crippen LogP contribution in [0.1, 0.15) is 5.56 Å². The summed E-state index contributed by atoms with van der Waals surface area (Å²) < 4.78 is 37.0. The Balaban J connectivity index is 2.20. The number of hydrogen-bond donors (Lipinski definition) is 0. The Kier molecular flexibility index (Phi) is 9.02. The number of ether oxygens (including phenoxy) is 1. The highest BCUT2D eigenvalue weighted by molar-refractivity contribution is 6.71. The van der Waals surface area contributed by atoms with E-state index in [1.165, 1.54) is 16.5 Å². The molecule has 2 aromatic rings. The normalized spacial score (nSPS) is 26.1. The molecule has 0 spiro atoms. The predicted molar refractivity (Wildman–Crippen MR) is 164 cm³/mol. The maximum Gasteiger partial charge on any atom is 0.191 e. The van der Waals surface area contributed by atoms with E-state index in [2.05, 4.69) is 121 Å². The highest BCUT2D eigenvalue weighted by Gasteiger charge is 2.57. The Labute approximate surface area is 229 Å². The molecule has 210 valence electrons. The van der Waals surface area contributed by atoms with Crippen molar-refractivity contribution < 1.29 is 22.4 Å². The smallest absolute Gasteiger partial charge is 0.191 e. The average molecular weight is 582 g/mol. The first-order chi connectivity index (χ1) is 16.7. The van der Waals surface area contributed by atoms with E-state index in [0.29, 0.717) is 13.0 Å². The summed E-state index contributed by atoms with van der Waals surface area (Å²) >= 11 is 0. The lowest BCUT2D eigenvalue weighted by molar-refractivity contribution is -0.301. The van der Waals surface area contributed by atoms with Gasteiger partial charge < -0.3 is 27.0 Å². The van der Waals surface area contributed by atoms with Crippen LogP contribution in [0, 0.1) is 0 Å². The van der Waals surface area contributed by atoms with Crippen LogP contribution in [0.3, 0.4) is 0 Å². The Morgan fingerprint density at radius 1 is 0.811 bits per heavy atom. The van der Waals surface area contributed by atoms with E-state index < -0.39 is 45.2 Å².